The van der Waals surface area contributed by atoms with E-state index in [1.807, 2.05) is 73.7 Å². The molecule has 4 rings (SSSR count). The van der Waals surface area contributed by atoms with Gasteiger partial charge in [-0.3, -0.25) is 4.79 Å². The van der Waals surface area contributed by atoms with Gasteiger partial charge in [0.1, 0.15) is 5.75 Å². The largest absolute Gasteiger partial charge is 0.497 e. The number of nitrogens with one attached hydrogen (secondary N) is 1. The predicted octanol–water partition coefficient (Wildman–Crippen LogP) is 6.52. The first-order valence-electron chi connectivity index (χ1n) is 10.9. The molecule has 0 unspecified atom stereocenters. The van der Waals surface area contributed by atoms with Gasteiger partial charge in [0.15, 0.2) is 0 Å². The maximum absolute atomic E-state index is 13.4. The molecule has 0 aliphatic heterocycles. The van der Waals surface area contributed by atoms with Gasteiger partial charge in [-0.1, -0.05) is 50.2 Å². The van der Waals surface area contributed by atoms with E-state index in [2.05, 4.69) is 31.3 Å². The lowest BCUT2D eigenvalue weighted by Gasteiger charge is -2.17. The number of benzene rings is 3. The van der Waals surface area contributed by atoms with Crippen molar-refractivity contribution in [2.75, 3.05) is 7.11 Å². The van der Waals surface area contributed by atoms with Crippen molar-refractivity contribution in [2.24, 2.45) is 0 Å². The molecular weight excluding hydrogens is 396 g/mol. The zero-order valence-electron chi connectivity index (χ0n) is 18.9. The van der Waals surface area contributed by atoms with E-state index in [1.54, 1.807) is 7.11 Å². The SMILES string of the molecule is COc1ccc(-c2cc(C(=O)N[C@H](C)c3ccccc3)c3cc(C(C)C)ccc3n2)cc1. The Balaban J connectivity index is 1.79. The quantitative estimate of drug-likeness (QED) is 0.383. The number of carbonyl (C=O) groups excluding carboxylic acids is 1. The van der Waals surface area contributed by atoms with Crippen molar-refractivity contribution in [2.45, 2.75) is 32.7 Å². The Bertz CT molecular complexity index is 1230. The van der Waals surface area contributed by atoms with E-state index in [-0.39, 0.29) is 11.9 Å². The van der Waals surface area contributed by atoms with Crippen molar-refractivity contribution in [3.05, 3.63) is 95.6 Å². The first-order chi connectivity index (χ1) is 15.5. The lowest BCUT2D eigenvalue weighted by molar-refractivity contribution is 0.0941. The lowest BCUT2D eigenvalue weighted by atomic mass is 9.97. The van der Waals surface area contributed by atoms with Crippen LogP contribution in [0.4, 0.5) is 0 Å². The summed E-state index contributed by atoms with van der Waals surface area (Å²) in [7, 11) is 1.64. The van der Waals surface area contributed by atoms with Crippen molar-refractivity contribution in [3.63, 3.8) is 0 Å². The van der Waals surface area contributed by atoms with Crippen LogP contribution in [0.5, 0.6) is 5.75 Å². The molecule has 1 heterocycles. The molecule has 4 heteroatoms. The zero-order chi connectivity index (χ0) is 22.7. The summed E-state index contributed by atoms with van der Waals surface area (Å²) in [5.41, 5.74) is 5.38. The molecule has 4 aromatic rings. The van der Waals surface area contributed by atoms with Gasteiger partial charge < -0.3 is 10.1 Å². The predicted molar refractivity (Wildman–Crippen MR) is 130 cm³/mol. The molecule has 4 nitrogen and oxygen atoms in total. The number of carbonyl (C=O) groups is 1. The number of rotatable bonds is 6. The molecule has 0 fully saturated rings. The van der Waals surface area contributed by atoms with Gasteiger partial charge in [-0.25, -0.2) is 4.98 Å². The molecular formula is C28H28N2O2. The molecule has 0 radical (unpaired) electrons. The molecule has 0 aliphatic rings. The van der Waals surface area contributed by atoms with Crippen LogP contribution in [0.15, 0.2) is 78.9 Å². The van der Waals surface area contributed by atoms with Crippen LogP contribution in [0.1, 0.15) is 54.2 Å². The molecule has 162 valence electrons. The second-order valence-corrected chi connectivity index (χ2v) is 8.32. The minimum atomic E-state index is -0.107. The number of fused-ring (bicyclic) bond motifs is 1. The lowest BCUT2D eigenvalue weighted by Crippen LogP contribution is -2.27. The Morgan fingerprint density at radius 3 is 2.25 bits per heavy atom. The van der Waals surface area contributed by atoms with Gasteiger partial charge in [-0.2, -0.15) is 0 Å². The van der Waals surface area contributed by atoms with Crippen LogP contribution in [0.25, 0.3) is 22.2 Å². The minimum absolute atomic E-state index is 0.107. The van der Waals surface area contributed by atoms with Crippen LogP contribution >= 0.6 is 0 Å². The summed E-state index contributed by atoms with van der Waals surface area (Å²) >= 11 is 0. The number of hydrogen-bond donors (Lipinski definition) is 1. The number of methoxy groups -OCH3 is 1. The van der Waals surface area contributed by atoms with Crippen LogP contribution in [0, 0.1) is 0 Å². The Morgan fingerprint density at radius 2 is 1.59 bits per heavy atom. The van der Waals surface area contributed by atoms with Crippen LogP contribution < -0.4 is 10.1 Å². The average molecular weight is 425 g/mol. The summed E-state index contributed by atoms with van der Waals surface area (Å²) in [5.74, 6) is 1.04. The van der Waals surface area contributed by atoms with Crippen molar-refractivity contribution >= 4 is 16.8 Å². The first-order valence-corrected chi connectivity index (χ1v) is 10.9. The topological polar surface area (TPSA) is 51.2 Å². The summed E-state index contributed by atoms with van der Waals surface area (Å²) in [6.45, 7) is 6.30. The van der Waals surface area contributed by atoms with Gasteiger partial charge in [0.25, 0.3) is 5.91 Å². The Labute approximate surface area is 189 Å². The molecule has 3 aromatic carbocycles. The summed E-state index contributed by atoms with van der Waals surface area (Å²) in [6, 6.07) is 25.7. The zero-order valence-corrected chi connectivity index (χ0v) is 18.9. The first kappa shape index (κ1) is 21.6. The van der Waals surface area contributed by atoms with Crippen molar-refractivity contribution in [1.82, 2.24) is 10.3 Å². The summed E-state index contributed by atoms with van der Waals surface area (Å²) in [6.07, 6.45) is 0. The number of hydrogen-bond acceptors (Lipinski definition) is 3. The van der Waals surface area contributed by atoms with Crippen LogP contribution in [-0.4, -0.2) is 18.0 Å². The van der Waals surface area contributed by atoms with E-state index in [4.69, 9.17) is 9.72 Å². The van der Waals surface area contributed by atoms with Gasteiger partial charge in [0, 0.05) is 10.9 Å². The van der Waals surface area contributed by atoms with Gasteiger partial charge in [-0.05, 0) is 66.4 Å². The maximum Gasteiger partial charge on any atom is 0.252 e. The molecule has 0 aliphatic carbocycles. The van der Waals surface area contributed by atoms with Gasteiger partial charge in [0.05, 0.1) is 29.9 Å². The molecule has 32 heavy (non-hydrogen) atoms. The molecule has 0 spiro atoms. The summed E-state index contributed by atoms with van der Waals surface area (Å²) in [5, 5.41) is 4.03. The summed E-state index contributed by atoms with van der Waals surface area (Å²) < 4.78 is 5.27. The third-order valence-corrected chi connectivity index (χ3v) is 5.78. The fraction of sp³-hybridized carbons (Fsp3) is 0.214. The van der Waals surface area contributed by atoms with Crippen LogP contribution in [0.2, 0.25) is 0 Å². The van der Waals surface area contributed by atoms with E-state index in [0.717, 1.165) is 33.5 Å². The second-order valence-electron chi connectivity index (χ2n) is 8.32. The number of aromatic nitrogens is 1. The molecule has 0 bridgehead atoms. The highest BCUT2D eigenvalue weighted by molar-refractivity contribution is 6.07. The second kappa shape index (κ2) is 9.23. The van der Waals surface area contributed by atoms with E-state index >= 15 is 0 Å². The average Bonchev–Trinajstić information content (AvgIpc) is 2.83. The Morgan fingerprint density at radius 1 is 0.875 bits per heavy atom. The molecule has 0 saturated carbocycles. The van der Waals surface area contributed by atoms with E-state index in [0.29, 0.717) is 11.5 Å². The maximum atomic E-state index is 13.4. The number of amides is 1. The fourth-order valence-corrected chi connectivity index (χ4v) is 3.80. The molecule has 1 N–H and O–H groups in total. The molecule has 0 saturated heterocycles. The standard InChI is InChI=1S/C28H28N2O2/c1-18(2)22-12-15-26-24(16-22)25(28(31)29-19(3)20-8-6-5-7-9-20)17-27(30-26)21-10-13-23(32-4)14-11-21/h5-19H,1-4H3,(H,29,31)/t19-/m1/s1. The number of ether oxygens (including phenoxy) is 1. The third kappa shape index (κ3) is 4.50. The van der Waals surface area contributed by atoms with E-state index in [9.17, 15) is 4.79 Å². The smallest absolute Gasteiger partial charge is 0.252 e. The van der Waals surface area contributed by atoms with Crippen molar-refractivity contribution in [3.8, 4) is 17.0 Å². The monoisotopic (exact) mass is 424 g/mol. The van der Waals surface area contributed by atoms with Gasteiger partial charge in [0.2, 0.25) is 0 Å². The van der Waals surface area contributed by atoms with Gasteiger partial charge in [-0.15, -0.1) is 0 Å². The summed E-state index contributed by atoms with van der Waals surface area (Å²) in [4.78, 5) is 18.3. The minimum Gasteiger partial charge on any atom is -0.497 e. The van der Waals surface area contributed by atoms with E-state index in [1.165, 1.54) is 5.56 Å². The number of pyridine rings is 1. The molecule has 1 amide bonds. The fourth-order valence-electron chi connectivity index (χ4n) is 3.80. The van der Waals surface area contributed by atoms with E-state index < -0.39 is 0 Å². The van der Waals surface area contributed by atoms with Crippen LogP contribution in [0.3, 0.4) is 0 Å². The molecule has 1 atom stereocenters. The highest BCUT2D eigenvalue weighted by Gasteiger charge is 2.17. The normalized spacial score (nSPS) is 12.0. The Hall–Kier alpha value is -3.66. The van der Waals surface area contributed by atoms with Crippen molar-refractivity contribution in [1.29, 1.82) is 0 Å². The van der Waals surface area contributed by atoms with Gasteiger partial charge >= 0.3 is 0 Å². The highest BCUT2D eigenvalue weighted by Crippen LogP contribution is 2.29. The highest BCUT2D eigenvalue weighted by atomic mass is 16.5. The molecule has 1 aromatic heterocycles. The third-order valence-electron chi connectivity index (χ3n) is 5.78. The number of nitrogens with zero attached hydrogens (tertiary/aromatic N) is 1. The van der Waals surface area contributed by atoms with Crippen LogP contribution in [-0.2, 0) is 0 Å². The van der Waals surface area contributed by atoms with Crippen molar-refractivity contribution < 1.29 is 9.53 Å². The Kier molecular flexibility index (Phi) is 6.22.